The minimum Gasteiger partial charge on any atom is -0.494 e. The van der Waals surface area contributed by atoms with Crippen molar-refractivity contribution < 1.29 is 9.13 Å². The highest BCUT2D eigenvalue weighted by Gasteiger charge is 2.17. The second kappa shape index (κ2) is 8.91. The summed E-state index contributed by atoms with van der Waals surface area (Å²) in [5.41, 5.74) is 2.87. The quantitative estimate of drug-likeness (QED) is 0.462. The zero-order valence-electron chi connectivity index (χ0n) is 15.0. The second-order valence-electron chi connectivity index (χ2n) is 6.05. The molecule has 2 aromatic carbocycles. The van der Waals surface area contributed by atoms with Crippen LogP contribution in [0.3, 0.4) is 0 Å². The SMILES string of the molecule is COc1cc(N2CCNCC2)c(/C=N/NSc2ccc(C)cc2)cc1F. The van der Waals surface area contributed by atoms with Gasteiger partial charge in [0.2, 0.25) is 0 Å². The van der Waals surface area contributed by atoms with Gasteiger partial charge in [0.05, 0.1) is 13.3 Å². The van der Waals surface area contributed by atoms with Crippen molar-refractivity contribution in [2.24, 2.45) is 5.10 Å². The zero-order valence-corrected chi connectivity index (χ0v) is 15.8. The molecule has 1 aliphatic heterocycles. The van der Waals surface area contributed by atoms with E-state index in [1.165, 1.54) is 30.7 Å². The molecule has 0 spiro atoms. The molecule has 3 rings (SSSR count). The second-order valence-corrected chi connectivity index (χ2v) is 6.91. The van der Waals surface area contributed by atoms with Crippen molar-refractivity contribution in [1.29, 1.82) is 0 Å². The first-order valence-corrected chi connectivity index (χ1v) is 9.34. The summed E-state index contributed by atoms with van der Waals surface area (Å²) in [5, 5.41) is 7.57. The topological polar surface area (TPSA) is 48.9 Å². The lowest BCUT2D eigenvalue weighted by Gasteiger charge is -2.30. The Bertz CT molecular complexity index is 761. The highest BCUT2D eigenvalue weighted by Crippen LogP contribution is 2.28. The van der Waals surface area contributed by atoms with E-state index in [9.17, 15) is 4.39 Å². The fourth-order valence-electron chi connectivity index (χ4n) is 2.78. The van der Waals surface area contributed by atoms with Crippen molar-refractivity contribution in [3.63, 3.8) is 0 Å². The van der Waals surface area contributed by atoms with Gasteiger partial charge in [-0.1, -0.05) is 17.7 Å². The van der Waals surface area contributed by atoms with E-state index >= 15 is 0 Å². The number of nitrogens with zero attached hydrogens (tertiary/aromatic N) is 2. The van der Waals surface area contributed by atoms with Crippen molar-refractivity contribution in [3.05, 3.63) is 53.3 Å². The monoisotopic (exact) mass is 374 g/mol. The van der Waals surface area contributed by atoms with Crippen molar-refractivity contribution in [2.75, 3.05) is 38.2 Å². The Morgan fingerprint density at radius 3 is 2.65 bits per heavy atom. The number of hydrazone groups is 1. The lowest BCUT2D eigenvalue weighted by molar-refractivity contribution is 0.386. The normalized spacial score (nSPS) is 14.7. The molecule has 0 bridgehead atoms. The predicted octanol–water partition coefficient (Wildman–Crippen LogP) is 3.18. The number of hydrogen-bond acceptors (Lipinski definition) is 6. The third-order valence-corrected chi connectivity index (χ3v) is 4.90. The van der Waals surface area contributed by atoms with Crippen LogP contribution in [0.15, 0.2) is 46.4 Å². The van der Waals surface area contributed by atoms with Gasteiger partial charge in [-0.05, 0) is 25.1 Å². The van der Waals surface area contributed by atoms with Crippen molar-refractivity contribution >= 4 is 23.8 Å². The molecule has 138 valence electrons. The summed E-state index contributed by atoms with van der Waals surface area (Å²) in [7, 11) is 1.48. The molecule has 2 N–H and O–H groups in total. The average molecular weight is 374 g/mol. The number of benzene rings is 2. The summed E-state index contributed by atoms with van der Waals surface area (Å²) in [6, 6.07) is 11.4. The summed E-state index contributed by atoms with van der Waals surface area (Å²) in [5.74, 6) is -0.142. The predicted molar refractivity (Wildman–Crippen MR) is 106 cm³/mol. The molecule has 0 aliphatic carbocycles. The van der Waals surface area contributed by atoms with Gasteiger partial charge >= 0.3 is 0 Å². The molecule has 0 atom stereocenters. The standard InChI is InChI=1S/C19H23FN4OS/c1-14-3-5-16(6-4-14)26-23-22-13-15-11-17(20)19(25-2)12-18(15)24-9-7-21-8-10-24/h3-6,11-13,21,23H,7-10H2,1-2H3/b22-13+. The molecular formula is C19H23FN4OS. The van der Waals surface area contributed by atoms with Crippen LogP contribution in [0.5, 0.6) is 5.75 Å². The molecule has 26 heavy (non-hydrogen) atoms. The van der Waals surface area contributed by atoms with E-state index in [1.54, 1.807) is 12.3 Å². The Hall–Kier alpha value is -2.25. The molecule has 0 amide bonds. The number of hydrogen-bond donors (Lipinski definition) is 2. The summed E-state index contributed by atoms with van der Waals surface area (Å²) in [6.07, 6.45) is 1.65. The van der Waals surface area contributed by atoms with Crippen LogP contribution in [0.1, 0.15) is 11.1 Å². The molecule has 0 unspecified atom stereocenters. The van der Waals surface area contributed by atoms with Crippen LogP contribution >= 0.6 is 11.9 Å². The Balaban J connectivity index is 1.74. The molecule has 1 fully saturated rings. The van der Waals surface area contributed by atoms with E-state index in [0.717, 1.165) is 42.3 Å². The third kappa shape index (κ3) is 4.68. The summed E-state index contributed by atoms with van der Waals surface area (Å²) >= 11 is 1.41. The van der Waals surface area contributed by atoms with Gasteiger partial charge in [0.25, 0.3) is 0 Å². The first-order chi connectivity index (χ1) is 12.7. The number of rotatable bonds is 6. The van der Waals surface area contributed by atoms with Crippen molar-refractivity contribution in [1.82, 2.24) is 10.1 Å². The molecule has 2 aromatic rings. The van der Waals surface area contributed by atoms with Gasteiger partial charge in [0.1, 0.15) is 0 Å². The smallest absolute Gasteiger partial charge is 0.165 e. The fraction of sp³-hybridized carbons (Fsp3) is 0.316. The maximum absolute atomic E-state index is 14.2. The van der Waals surface area contributed by atoms with Gasteiger partial charge in [0.15, 0.2) is 11.6 Å². The van der Waals surface area contributed by atoms with Crippen molar-refractivity contribution in [3.8, 4) is 5.75 Å². The largest absolute Gasteiger partial charge is 0.494 e. The molecule has 1 aliphatic rings. The Morgan fingerprint density at radius 1 is 1.23 bits per heavy atom. The third-order valence-electron chi connectivity index (χ3n) is 4.20. The van der Waals surface area contributed by atoms with E-state index in [1.807, 2.05) is 12.1 Å². The van der Waals surface area contributed by atoms with Crippen LogP contribution in [-0.4, -0.2) is 39.5 Å². The minimum absolute atomic E-state index is 0.248. The summed E-state index contributed by atoms with van der Waals surface area (Å²) < 4.78 is 19.3. The summed E-state index contributed by atoms with van der Waals surface area (Å²) in [6.45, 7) is 5.58. The highest BCUT2D eigenvalue weighted by atomic mass is 32.2. The van der Waals surface area contributed by atoms with E-state index in [-0.39, 0.29) is 11.6 Å². The van der Waals surface area contributed by atoms with E-state index in [2.05, 4.69) is 39.2 Å². The van der Waals surface area contributed by atoms with Crippen LogP contribution in [0, 0.1) is 12.7 Å². The van der Waals surface area contributed by atoms with Gasteiger partial charge in [-0.15, -0.1) is 0 Å². The first-order valence-electron chi connectivity index (χ1n) is 8.52. The summed E-state index contributed by atoms with van der Waals surface area (Å²) in [4.78, 5) is 6.23. The Morgan fingerprint density at radius 2 is 1.96 bits per heavy atom. The lowest BCUT2D eigenvalue weighted by Crippen LogP contribution is -2.43. The average Bonchev–Trinajstić information content (AvgIpc) is 2.67. The van der Waals surface area contributed by atoms with Gasteiger partial charge in [-0.2, -0.15) is 5.10 Å². The van der Waals surface area contributed by atoms with Crippen LogP contribution in [-0.2, 0) is 0 Å². The molecule has 1 heterocycles. The number of methoxy groups -OCH3 is 1. The molecular weight excluding hydrogens is 351 g/mol. The maximum Gasteiger partial charge on any atom is 0.165 e. The van der Waals surface area contributed by atoms with E-state index in [4.69, 9.17) is 4.74 Å². The van der Waals surface area contributed by atoms with Gasteiger partial charge in [0, 0.05) is 60.3 Å². The number of anilines is 1. The van der Waals surface area contributed by atoms with E-state index < -0.39 is 0 Å². The van der Waals surface area contributed by atoms with Gasteiger partial charge < -0.3 is 15.0 Å². The number of nitrogens with one attached hydrogen (secondary N) is 2. The number of piperazine rings is 1. The van der Waals surface area contributed by atoms with Crippen molar-refractivity contribution in [2.45, 2.75) is 11.8 Å². The molecule has 0 radical (unpaired) electrons. The Kier molecular flexibility index (Phi) is 6.35. The van der Waals surface area contributed by atoms with Crippen LogP contribution in [0.2, 0.25) is 0 Å². The minimum atomic E-state index is -0.390. The van der Waals surface area contributed by atoms with Crippen LogP contribution in [0.25, 0.3) is 0 Å². The Labute approximate surface area is 157 Å². The van der Waals surface area contributed by atoms with Crippen LogP contribution in [0.4, 0.5) is 10.1 Å². The van der Waals surface area contributed by atoms with E-state index in [0.29, 0.717) is 0 Å². The molecule has 1 saturated heterocycles. The first kappa shape index (κ1) is 18.5. The van der Waals surface area contributed by atoms with Gasteiger partial charge in [-0.3, -0.25) is 0 Å². The molecule has 0 aromatic heterocycles. The van der Waals surface area contributed by atoms with Gasteiger partial charge in [-0.25, -0.2) is 9.22 Å². The number of halogens is 1. The maximum atomic E-state index is 14.2. The zero-order chi connectivity index (χ0) is 18.4. The lowest BCUT2D eigenvalue weighted by atomic mass is 10.1. The number of ether oxygens (including phenoxy) is 1. The number of aryl methyl sites for hydroxylation is 1. The highest BCUT2D eigenvalue weighted by molar-refractivity contribution is 7.97. The van der Waals surface area contributed by atoms with Crippen LogP contribution < -0.4 is 19.8 Å². The molecule has 7 heteroatoms. The molecule has 5 nitrogen and oxygen atoms in total. The fourth-order valence-corrected chi connectivity index (χ4v) is 3.26. The molecule has 0 saturated carbocycles.